The average molecular weight is 369 g/mol. The van der Waals surface area contributed by atoms with E-state index in [0.717, 1.165) is 28.9 Å². The summed E-state index contributed by atoms with van der Waals surface area (Å²) in [6.07, 6.45) is 3.80. The monoisotopic (exact) mass is 369 g/mol. The van der Waals surface area contributed by atoms with E-state index < -0.39 is 0 Å². The summed E-state index contributed by atoms with van der Waals surface area (Å²) in [7, 11) is 0. The van der Waals surface area contributed by atoms with E-state index in [2.05, 4.69) is 46.6 Å². The van der Waals surface area contributed by atoms with E-state index in [-0.39, 0.29) is 5.91 Å². The standard InChI is InChI=1S/C23H19N3O2/c27-23(19-11-13-28-15-19)26-12-10-21-20(14-26)22(25-24-21)18-8-6-17(7-9-18)16-4-2-1-3-5-16/h1-9,11,13,15H,10,12,14H2,(H,24,25). The number of amides is 1. The number of carbonyl (C=O) groups is 1. The van der Waals surface area contributed by atoms with E-state index in [1.807, 2.05) is 23.1 Å². The summed E-state index contributed by atoms with van der Waals surface area (Å²) in [6.45, 7) is 1.22. The Hall–Kier alpha value is -3.60. The number of nitrogens with zero attached hydrogens (tertiary/aromatic N) is 2. The molecule has 2 aromatic heterocycles. The fourth-order valence-corrected chi connectivity index (χ4v) is 3.73. The van der Waals surface area contributed by atoms with Crippen molar-refractivity contribution >= 4 is 5.91 Å². The van der Waals surface area contributed by atoms with E-state index in [0.29, 0.717) is 18.7 Å². The first kappa shape index (κ1) is 16.6. The summed E-state index contributed by atoms with van der Waals surface area (Å²) in [5.74, 6) is -0.00836. The molecule has 4 aromatic rings. The molecule has 1 aliphatic heterocycles. The normalized spacial score (nSPS) is 13.4. The molecule has 0 atom stereocenters. The molecule has 3 heterocycles. The molecule has 0 bridgehead atoms. The van der Waals surface area contributed by atoms with Crippen molar-refractivity contribution in [2.45, 2.75) is 13.0 Å². The van der Waals surface area contributed by atoms with Gasteiger partial charge in [0.2, 0.25) is 0 Å². The second kappa shape index (κ2) is 6.85. The highest BCUT2D eigenvalue weighted by Crippen LogP contribution is 2.30. The van der Waals surface area contributed by atoms with Crippen LogP contribution >= 0.6 is 0 Å². The van der Waals surface area contributed by atoms with E-state index in [1.54, 1.807) is 6.07 Å². The molecule has 0 radical (unpaired) electrons. The van der Waals surface area contributed by atoms with E-state index in [4.69, 9.17) is 4.42 Å². The Morgan fingerprint density at radius 2 is 1.71 bits per heavy atom. The van der Waals surface area contributed by atoms with Gasteiger partial charge >= 0.3 is 0 Å². The van der Waals surface area contributed by atoms with Gasteiger partial charge in [-0.05, 0) is 17.2 Å². The molecule has 5 rings (SSSR count). The third kappa shape index (κ3) is 2.91. The lowest BCUT2D eigenvalue weighted by molar-refractivity contribution is 0.0734. The van der Waals surface area contributed by atoms with Crippen LogP contribution in [0.25, 0.3) is 22.4 Å². The third-order valence-electron chi connectivity index (χ3n) is 5.25. The van der Waals surface area contributed by atoms with Gasteiger partial charge < -0.3 is 9.32 Å². The largest absolute Gasteiger partial charge is 0.472 e. The Kier molecular flexibility index (Phi) is 4.05. The Morgan fingerprint density at radius 1 is 0.964 bits per heavy atom. The summed E-state index contributed by atoms with van der Waals surface area (Å²) in [5, 5.41) is 7.70. The SMILES string of the molecule is O=C(c1ccoc1)N1CCc2[nH]nc(-c3ccc(-c4ccccc4)cc3)c2C1. The maximum Gasteiger partial charge on any atom is 0.257 e. The van der Waals surface area contributed by atoms with Gasteiger partial charge in [-0.25, -0.2) is 0 Å². The average Bonchev–Trinajstić information content (AvgIpc) is 3.44. The Balaban J connectivity index is 1.43. The minimum absolute atomic E-state index is 0.00836. The topological polar surface area (TPSA) is 62.1 Å². The number of aromatic nitrogens is 2. The molecule has 28 heavy (non-hydrogen) atoms. The second-order valence-corrected chi connectivity index (χ2v) is 6.96. The van der Waals surface area contributed by atoms with Crippen LogP contribution in [-0.4, -0.2) is 27.5 Å². The first-order chi connectivity index (χ1) is 13.8. The highest BCUT2D eigenvalue weighted by atomic mass is 16.3. The van der Waals surface area contributed by atoms with Gasteiger partial charge in [0.15, 0.2) is 0 Å². The van der Waals surface area contributed by atoms with Gasteiger partial charge in [0.1, 0.15) is 6.26 Å². The van der Waals surface area contributed by atoms with Crippen LogP contribution in [-0.2, 0) is 13.0 Å². The molecule has 138 valence electrons. The molecular formula is C23H19N3O2. The van der Waals surface area contributed by atoms with Crippen molar-refractivity contribution in [3.8, 4) is 22.4 Å². The number of furan rings is 1. The van der Waals surface area contributed by atoms with Gasteiger partial charge in [0, 0.05) is 36.3 Å². The molecule has 2 aromatic carbocycles. The predicted molar refractivity (Wildman–Crippen MR) is 107 cm³/mol. The first-order valence-corrected chi connectivity index (χ1v) is 9.33. The number of benzene rings is 2. The van der Waals surface area contributed by atoms with Crippen LogP contribution in [0, 0.1) is 0 Å². The second-order valence-electron chi connectivity index (χ2n) is 6.96. The molecule has 5 heteroatoms. The molecule has 0 fully saturated rings. The molecule has 0 unspecified atom stereocenters. The number of nitrogens with one attached hydrogen (secondary N) is 1. The molecule has 5 nitrogen and oxygen atoms in total. The minimum Gasteiger partial charge on any atom is -0.472 e. The van der Waals surface area contributed by atoms with Crippen molar-refractivity contribution in [3.63, 3.8) is 0 Å². The summed E-state index contributed by atoms with van der Waals surface area (Å²) in [5.41, 5.74) is 7.12. The molecule has 0 spiro atoms. The highest BCUT2D eigenvalue weighted by molar-refractivity contribution is 5.94. The van der Waals surface area contributed by atoms with Crippen LogP contribution in [0.5, 0.6) is 0 Å². The lowest BCUT2D eigenvalue weighted by Gasteiger charge is -2.26. The van der Waals surface area contributed by atoms with Crippen molar-refractivity contribution in [1.82, 2.24) is 15.1 Å². The number of hydrogen-bond donors (Lipinski definition) is 1. The maximum atomic E-state index is 12.7. The quantitative estimate of drug-likeness (QED) is 0.577. The first-order valence-electron chi connectivity index (χ1n) is 9.33. The summed E-state index contributed by atoms with van der Waals surface area (Å²) in [4.78, 5) is 14.5. The zero-order valence-corrected chi connectivity index (χ0v) is 15.3. The summed E-state index contributed by atoms with van der Waals surface area (Å²) >= 11 is 0. The van der Waals surface area contributed by atoms with Crippen LogP contribution in [0.4, 0.5) is 0 Å². The van der Waals surface area contributed by atoms with E-state index in [1.165, 1.54) is 23.7 Å². The van der Waals surface area contributed by atoms with Crippen molar-refractivity contribution in [3.05, 3.63) is 90.0 Å². The number of carbonyl (C=O) groups excluding carboxylic acids is 1. The maximum absolute atomic E-state index is 12.7. The lowest BCUT2D eigenvalue weighted by Crippen LogP contribution is -2.35. The van der Waals surface area contributed by atoms with Crippen molar-refractivity contribution < 1.29 is 9.21 Å². The molecule has 0 saturated carbocycles. The Bertz CT molecular complexity index is 1100. The van der Waals surface area contributed by atoms with Gasteiger partial charge in [-0.2, -0.15) is 5.10 Å². The molecule has 0 aliphatic carbocycles. The fourth-order valence-electron chi connectivity index (χ4n) is 3.73. The predicted octanol–water partition coefficient (Wildman–Crippen LogP) is 4.54. The lowest BCUT2D eigenvalue weighted by atomic mass is 9.98. The smallest absolute Gasteiger partial charge is 0.257 e. The van der Waals surface area contributed by atoms with Gasteiger partial charge in [-0.3, -0.25) is 9.89 Å². The molecule has 0 saturated heterocycles. The van der Waals surface area contributed by atoms with E-state index >= 15 is 0 Å². The number of aromatic amines is 1. The van der Waals surface area contributed by atoms with Crippen molar-refractivity contribution in [2.75, 3.05) is 6.54 Å². The molecule has 1 aliphatic rings. The third-order valence-corrected chi connectivity index (χ3v) is 5.25. The van der Waals surface area contributed by atoms with Crippen LogP contribution in [0.3, 0.4) is 0 Å². The van der Waals surface area contributed by atoms with Gasteiger partial charge in [0.05, 0.1) is 17.5 Å². The van der Waals surface area contributed by atoms with Crippen LogP contribution in [0.2, 0.25) is 0 Å². The fraction of sp³-hybridized carbons (Fsp3) is 0.130. The molecular weight excluding hydrogens is 350 g/mol. The minimum atomic E-state index is -0.00836. The van der Waals surface area contributed by atoms with Crippen LogP contribution in [0.1, 0.15) is 21.6 Å². The van der Waals surface area contributed by atoms with Gasteiger partial charge in [0.25, 0.3) is 5.91 Å². The number of H-pyrrole nitrogens is 1. The van der Waals surface area contributed by atoms with Crippen LogP contribution in [0.15, 0.2) is 77.6 Å². The zero-order chi connectivity index (χ0) is 18.9. The Labute approximate surface area is 162 Å². The summed E-state index contributed by atoms with van der Waals surface area (Å²) < 4.78 is 5.06. The van der Waals surface area contributed by atoms with Crippen molar-refractivity contribution in [2.24, 2.45) is 0 Å². The molecule has 1 N–H and O–H groups in total. The summed E-state index contributed by atoms with van der Waals surface area (Å²) in [6, 6.07) is 20.4. The number of hydrogen-bond acceptors (Lipinski definition) is 3. The van der Waals surface area contributed by atoms with E-state index in [9.17, 15) is 4.79 Å². The zero-order valence-electron chi connectivity index (χ0n) is 15.3. The number of rotatable bonds is 3. The van der Waals surface area contributed by atoms with Gasteiger partial charge in [-0.15, -0.1) is 0 Å². The molecule has 1 amide bonds. The van der Waals surface area contributed by atoms with Crippen LogP contribution < -0.4 is 0 Å². The number of fused-ring (bicyclic) bond motifs is 1. The highest BCUT2D eigenvalue weighted by Gasteiger charge is 2.26. The van der Waals surface area contributed by atoms with Crippen molar-refractivity contribution in [1.29, 1.82) is 0 Å². The Morgan fingerprint density at radius 3 is 2.46 bits per heavy atom. The van der Waals surface area contributed by atoms with Gasteiger partial charge in [-0.1, -0.05) is 54.6 Å².